The van der Waals surface area contributed by atoms with Crippen LogP contribution in [0.1, 0.15) is 44.6 Å². The molecule has 0 radical (unpaired) electrons. The fraction of sp³-hybridized carbons (Fsp3) is 0.550. The van der Waals surface area contributed by atoms with E-state index in [-0.39, 0.29) is 17.9 Å². The third-order valence-electron chi connectivity index (χ3n) is 5.01. The molecule has 0 spiro atoms. The molecule has 1 aliphatic heterocycles. The van der Waals surface area contributed by atoms with Gasteiger partial charge in [0, 0.05) is 18.2 Å². The minimum Gasteiger partial charge on any atom is -0.353 e. The number of nitrogens with one attached hydrogen (secondary N) is 1. The van der Waals surface area contributed by atoms with Crippen LogP contribution >= 0.6 is 0 Å². The van der Waals surface area contributed by atoms with Crippen LogP contribution in [0.4, 0.5) is 0 Å². The smallest absolute Gasteiger partial charge is 0.241 e. The van der Waals surface area contributed by atoms with Crippen LogP contribution in [-0.2, 0) is 11.3 Å². The van der Waals surface area contributed by atoms with Crippen molar-refractivity contribution in [1.29, 1.82) is 0 Å². The summed E-state index contributed by atoms with van der Waals surface area (Å²) in [5, 5.41) is 7.19. The van der Waals surface area contributed by atoms with Crippen molar-refractivity contribution in [3.63, 3.8) is 0 Å². The van der Waals surface area contributed by atoms with Crippen molar-refractivity contribution in [2.75, 3.05) is 13.1 Å². The van der Waals surface area contributed by atoms with Crippen molar-refractivity contribution in [3.8, 4) is 11.4 Å². The Morgan fingerprint density at radius 1 is 1.38 bits per heavy atom. The van der Waals surface area contributed by atoms with Crippen molar-refractivity contribution in [3.05, 3.63) is 35.7 Å². The summed E-state index contributed by atoms with van der Waals surface area (Å²) in [7, 11) is 0. The Hall–Kier alpha value is -2.21. The maximum atomic E-state index is 12.4. The number of hydrogen-bond donors (Lipinski definition) is 1. The second kappa shape index (κ2) is 8.45. The third kappa shape index (κ3) is 4.69. The molecule has 3 rings (SSSR count). The second-order valence-electron chi connectivity index (χ2n) is 7.27. The molecule has 2 unspecified atom stereocenters. The summed E-state index contributed by atoms with van der Waals surface area (Å²) in [6.07, 6.45) is 2.90. The Morgan fingerprint density at radius 3 is 2.88 bits per heavy atom. The van der Waals surface area contributed by atoms with Gasteiger partial charge in [0.05, 0.1) is 12.5 Å². The Kier molecular flexibility index (Phi) is 6.04. The molecule has 0 bridgehead atoms. The van der Waals surface area contributed by atoms with Crippen molar-refractivity contribution < 1.29 is 9.32 Å². The van der Waals surface area contributed by atoms with Crippen LogP contribution in [0.15, 0.2) is 28.8 Å². The van der Waals surface area contributed by atoms with Gasteiger partial charge in [-0.3, -0.25) is 9.69 Å². The minimum absolute atomic E-state index is 0.0391. The summed E-state index contributed by atoms with van der Waals surface area (Å²) in [5.74, 6) is 1.42. The molecular weight excluding hydrogens is 328 g/mol. The number of piperidine rings is 1. The minimum atomic E-state index is 0.0391. The average molecular weight is 356 g/mol. The Labute approximate surface area is 155 Å². The molecule has 6 nitrogen and oxygen atoms in total. The van der Waals surface area contributed by atoms with Crippen LogP contribution in [0.2, 0.25) is 0 Å². The zero-order valence-corrected chi connectivity index (χ0v) is 15.9. The highest BCUT2D eigenvalue weighted by Crippen LogP contribution is 2.21. The number of benzene rings is 1. The first-order valence-electron chi connectivity index (χ1n) is 9.47. The van der Waals surface area contributed by atoms with Crippen LogP contribution in [-0.4, -0.2) is 40.1 Å². The van der Waals surface area contributed by atoms with Crippen LogP contribution in [0, 0.1) is 12.8 Å². The molecule has 0 saturated carbocycles. The molecule has 2 aromatic rings. The monoisotopic (exact) mass is 356 g/mol. The van der Waals surface area contributed by atoms with Crippen molar-refractivity contribution >= 4 is 5.91 Å². The van der Waals surface area contributed by atoms with Gasteiger partial charge in [-0.05, 0) is 39.7 Å². The van der Waals surface area contributed by atoms with Gasteiger partial charge in [-0.25, -0.2) is 0 Å². The zero-order valence-electron chi connectivity index (χ0n) is 15.9. The molecular formula is C20H28N4O2. The lowest BCUT2D eigenvalue weighted by molar-refractivity contribution is -0.127. The predicted octanol–water partition coefficient (Wildman–Crippen LogP) is 3.17. The molecule has 140 valence electrons. The fourth-order valence-electron chi connectivity index (χ4n) is 3.21. The molecule has 2 atom stereocenters. The van der Waals surface area contributed by atoms with E-state index in [1.54, 1.807) is 0 Å². The maximum absolute atomic E-state index is 12.4. The number of aryl methyl sites for hydroxylation is 1. The van der Waals surface area contributed by atoms with E-state index in [1.165, 1.54) is 5.56 Å². The molecule has 1 aliphatic rings. The highest BCUT2D eigenvalue weighted by molar-refractivity contribution is 5.79. The van der Waals surface area contributed by atoms with Crippen LogP contribution in [0.3, 0.4) is 0 Å². The number of rotatable bonds is 6. The SMILES string of the molecule is CCC(C)NC(=O)C1CCCN(Cc2nc(-c3ccc(C)cc3)no2)C1. The topological polar surface area (TPSA) is 71.3 Å². The van der Waals surface area contributed by atoms with Gasteiger partial charge < -0.3 is 9.84 Å². The van der Waals surface area contributed by atoms with E-state index in [4.69, 9.17) is 4.52 Å². The number of nitrogens with zero attached hydrogens (tertiary/aromatic N) is 3. The Morgan fingerprint density at radius 2 is 2.15 bits per heavy atom. The van der Waals surface area contributed by atoms with Crippen LogP contribution in [0.25, 0.3) is 11.4 Å². The van der Waals surface area contributed by atoms with E-state index >= 15 is 0 Å². The van der Waals surface area contributed by atoms with Gasteiger partial charge in [0.15, 0.2) is 0 Å². The van der Waals surface area contributed by atoms with E-state index < -0.39 is 0 Å². The lowest BCUT2D eigenvalue weighted by Crippen LogP contribution is -2.44. The van der Waals surface area contributed by atoms with Crippen LogP contribution < -0.4 is 5.32 Å². The highest BCUT2D eigenvalue weighted by Gasteiger charge is 2.27. The highest BCUT2D eigenvalue weighted by atomic mass is 16.5. The number of likely N-dealkylation sites (tertiary alicyclic amines) is 1. The van der Waals surface area contributed by atoms with Gasteiger partial charge in [0.25, 0.3) is 0 Å². The summed E-state index contributed by atoms with van der Waals surface area (Å²) in [4.78, 5) is 19.1. The molecule has 1 N–H and O–H groups in total. The van der Waals surface area contributed by atoms with E-state index in [1.807, 2.05) is 31.2 Å². The molecule has 1 aromatic heterocycles. The van der Waals surface area contributed by atoms with E-state index in [0.29, 0.717) is 18.3 Å². The Bertz CT molecular complexity index is 726. The summed E-state index contributed by atoms with van der Waals surface area (Å²) < 4.78 is 5.43. The lowest BCUT2D eigenvalue weighted by atomic mass is 9.96. The van der Waals surface area contributed by atoms with E-state index in [2.05, 4.69) is 34.2 Å². The Balaban J connectivity index is 1.58. The number of carbonyl (C=O) groups excluding carboxylic acids is 1. The largest absolute Gasteiger partial charge is 0.353 e. The van der Waals surface area contributed by atoms with Crippen molar-refractivity contribution in [1.82, 2.24) is 20.4 Å². The number of hydrogen-bond acceptors (Lipinski definition) is 5. The maximum Gasteiger partial charge on any atom is 0.241 e. The van der Waals surface area contributed by atoms with Crippen LogP contribution in [0.5, 0.6) is 0 Å². The summed E-state index contributed by atoms with van der Waals surface area (Å²) in [6.45, 7) is 8.46. The van der Waals surface area contributed by atoms with Gasteiger partial charge in [-0.15, -0.1) is 0 Å². The molecule has 1 fully saturated rings. The molecule has 1 aromatic carbocycles. The predicted molar refractivity (Wildman–Crippen MR) is 100 cm³/mol. The molecule has 6 heteroatoms. The fourth-order valence-corrected chi connectivity index (χ4v) is 3.21. The van der Waals surface area contributed by atoms with Gasteiger partial charge >= 0.3 is 0 Å². The molecule has 2 heterocycles. The molecule has 1 saturated heterocycles. The number of aromatic nitrogens is 2. The first-order valence-corrected chi connectivity index (χ1v) is 9.47. The van der Waals surface area contributed by atoms with E-state index in [9.17, 15) is 4.79 Å². The van der Waals surface area contributed by atoms with Gasteiger partial charge in [0.2, 0.25) is 17.6 Å². The number of amides is 1. The third-order valence-corrected chi connectivity index (χ3v) is 5.01. The molecule has 0 aliphatic carbocycles. The second-order valence-corrected chi connectivity index (χ2v) is 7.27. The van der Waals surface area contributed by atoms with Crippen molar-refractivity contribution in [2.24, 2.45) is 5.92 Å². The molecule has 26 heavy (non-hydrogen) atoms. The van der Waals surface area contributed by atoms with Gasteiger partial charge in [-0.2, -0.15) is 4.98 Å². The summed E-state index contributed by atoms with van der Waals surface area (Å²) in [5.41, 5.74) is 2.16. The first kappa shape index (κ1) is 18.6. The average Bonchev–Trinajstić information content (AvgIpc) is 3.10. The summed E-state index contributed by atoms with van der Waals surface area (Å²) in [6, 6.07) is 8.30. The first-order chi connectivity index (χ1) is 12.5. The quantitative estimate of drug-likeness (QED) is 0.861. The lowest BCUT2D eigenvalue weighted by Gasteiger charge is -2.31. The van der Waals surface area contributed by atoms with Gasteiger partial charge in [-0.1, -0.05) is 41.9 Å². The van der Waals surface area contributed by atoms with Crippen molar-refractivity contribution in [2.45, 2.75) is 52.6 Å². The normalized spacial score (nSPS) is 19.3. The standard InChI is InChI=1S/C20H28N4O2/c1-4-15(3)21-20(25)17-6-5-11-24(12-17)13-18-22-19(23-26-18)16-9-7-14(2)8-10-16/h7-10,15,17H,4-6,11-13H2,1-3H3,(H,21,25). The summed E-state index contributed by atoms with van der Waals surface area (Å²) >= 11 is 0. The van der Waals surface area contributed by atoms with E-state index in [0.717, 1.165) is 37.9 Å². The van der Waals surface area contributed by atoms with Gasteiger partial charge in [0.1, 0.15) is 0 Å². The molecule has 1 amide bonds. The number of carbonyl (C=O) groups is 1. The zero-order chi connectivity index (χ0) is 18.5.